The van der Waals surface area contributed by atoms with Crippen LogP contribution >= 0.6 is 15.9 Å². The van der Waals surface area contributed by atoms with Gasteiger partial charge in [-0.2, -0.15) is 0 Å². The van der Waals surface area contributed by atoms with Gasteiger partial charge in [0.25, 0.3) is 5.91 Å². The molecule has 35 heavy (non-hydrogen) atoms. The largest absolute Gasteiger partial charge is 0.493 e. The lowest BCUT2D eigenvalue weighted by Crippen LogP contribution is -2.21. The summed E-state index contributed by atoms with van der Waals surface area (Å²) in [5, 5.41) is 2.96. The maximum absolute atomic E-state index is 14.0. The highest BCUT2D eigenvalue weighted by Crippen LogP contribution is 2.33. The van der Waals surface area contributed by atoms with Crippen molar-refractivity contribution < 1.29 is 28.2 Å². The minimum absolute atomic E-state index is 0.0145. The van der Waals surface area contributed by atoms with E-state index < -0.39 is 24.3 Å². The third-order valence-corrected chi connectivity index (χ3v) is 5.65. The van der Waals surface area contributed by atoms with Crippen LogP contribution in [0.2, 0.25) is 0 Å². The van der Waals surface area contributed by atoms with Gasteiger partial charge in [0.15, 0.2) is 18.1 Å². The minimum Gasteiger partial charge on any atom is -0.493 e. The second kappa shape index (κ2) is 10.5. The monoisotopic (exact) mass is 538 g/mol. The predicted octanol–water partition coefficient (Wildman–Crippen LogP) is 5.62. The van der Waals surface area contributed by atoms with Crippen LogP contribution in [0.5, 0.6) is 11.5 Å². The van der Waals surface area contributed by atoms with Gasteiger partial charge in [-0.1, -0.05) is 34.1 Å². The Labute approximate surface area is 209 Å². The summed E-state index contributed by atoms with van der Waals surface area (Å²) in [7, 11) is 3.07. The molecule has 178 valence electrons. The maximum atomic E-state index is 14.0. The molecule has 9 heteroatoms. The lowest BCUT2D eigenvalue weighted by molar-refractivity contribution is -0.119. The SMILES string of the molecule is COc1ccc(-c2cc(C(=O)OCC(=O)Nc3ccc(Br)cc3F)c3ccccc3n2)cc1OC. The number of halogens is 2. The molecule has 0 fully saturated rings. The van der Waals surface area contributed by atoms with E-state index in [1.807, 2.05) is 6.07 Å². The van der Waals surface area contributed by atoms with Gasteiger partial charge in [0.2, 0.25) is 0 Å². The molecule has 0 saturated carbocycles. The van der Waals surface area contributed by atoms with Crippen molar-refractivity contribution in [2.24, 2.45) is 0 Å². The first-order chi connectivity index (χ1) is 16.9. The number of benzene rings is 3. The van der Waals surface area contributed by atoms with E-state index in [-0.39, 0.29) is 11.3 Å². The summed E-state index contributed by atoms with van der Waals surface area (Å²) in [6.07, 6.45) is 0. The molecule has 1 heterocycles. The van der Waals surface area contributed by atoms with Crippen LogP contribution in [0.25, 0.3) is 22.2 Å². The van der Waals surface area contributed by atoms with Gasteiger partial charge in [-0.3, -0.25) is 4.79 Å². The molecule has 1 amide bonds. The number of nitrogens with one attached hydrogen (secondary N) is 1. The summed E-state index contributed by atoms with van der Waals surface area (Å²) in [6, 6.07) is 18.2. The minimum atomic E-state index is -0.711. The van der Waals surface area contributed by atoms with Crippen molar-refractivity contribution in [2.75, 3.05) is 26.1 Å². The smallest absolute Gasteiger partial charge is 0.339 e. The highest BCUT2D eigenvalue weighted by molar-refractivity contribution is 9.10. The van der Waals surface area contributed by atoms with Crippen molar-refractivity contribution in [3.63, 3.8) is 0 Å². The van der Waals surface area contributed by atoms with E-state index in [2.05, 4.69) is 26.2 Å². The van der Waals surface area contributed by atoms with E-state index in [0.717, 1.165) is 0 Å². The molecule has 1 aromatic heterocycles. The van der Waals surface area contributed by atoms with Gasteiger partial charge >= 0.3 is 5.97 Å². The number of esters is 1. The molecule has 0 aliphatic rings. The number of para-hydroxylation sites is 1. The van der Waals surface area contributed by atoms with E-state index in [1.54, 1.807) is 55.6 Å². The number of carbonyl (C=O) groups excluding carboxylic acids is 2. The Kier molecular flexibility index (Phi) is 7.26. The molecule has 0 spiro atoms. The normalized spacial score (nSPS) is 10.6. The quantitative estimate of drug-likeness (QED) is 0.307. The maximum Gasteiger partial charge on any atom is 0.339 e. The van der Waals surface area contributed by atoms with Crippen LogP contribution in [0.4, 0.5) is 10.1 Å². The van der Waals surface area contributed by atoms with E-state index in [4.69, 9.17) is 14.2 Å². The molecule has 1 N–H and O–H groups in total. The van der Waals surface area contributed by atoms with Crippen LogP contribution in [0.1, 0.15) is 10.4 Å². The molecule has 0 aliphatic heterocycles. The number of hydrogen-bond acceptors (Lipinski definition) is 6. The van der Waals surface area contributed by atoms with Crippen molar-refractivity contribution in [1.82, 2.24) is 4.98 Å². The standard InChI is InChI=1S/C26H20BrFN2O5/c1-33-23-10-7-15(11-24(23)34-2)22-13-18(17-5-3-4-6-20(17)29-22)26(32)35-14-25(31)30-21-9-8-16(27)12-19(21)28/h3-13H,14H2,1-2H3,(H,30,31). The molecule has 4 rings (SSSR count). The molecular formula is C26H20BrFN2O5. The summed E-state index contributed by atoms with van der Waals surface area (Å²) in [5.74, 6) is -0.917. The van der Waals surface area contributed by atoms with Gasteiger partial charge in [0, 0.05) is 15.4 Å². The van der Waals surface area contributed by atoms with Crippen LogP contribution in [0.3, 0.4) is 0 Å². The van der Waals surface area contributed by atoms with Crippen molar-refractivity contribution >= 4 is 44.4 Å². The Hall–Kier alpha value is -3.98. The number of ether oxygens (including phenoxy) is 3. The summed E-state index contributed by atoms with van der Waals surface area (Å²) in [4.78, 5) is 29.9. The average molecular weight is 539 g/mol. The first-order valence-corrected chi connectivity index (χ1v) is 11.2. The van der Waals surface area contributed by atoms with E-state index in [9.17, 15) is 14.0 Å². The summed E-state index contributed by atoms with van der Waals surface area (Å²) < 4.78 is 30.4. The molecule has 3 aromatic carbocycles. The van der Waals surface area contributed by atoms with Gasteiger partial charge in [0.1, 0.15) is 5.82 Å². The van der Waals surface area contributed by atoms with Crippen LogP contribution in [-0.2, 0) is 9.53 Å². The number of anilines is 1. The third kappa shape index (κ3) is 5.41. The highest BCUT2D eigenvalue weighted by Gasteiger charge is 2.18. The second-order valence-electron chi connectivity index (χ2n) is 7.39. The number of nitrogens with zero attached hydrogens (tertiary/aromatic N) is 1. The Bertz CT molecular complexity index is 1430. The van der Waals surface area contributed by atoms with Crippen molar-refractivity contribution in [1.29, 1.82) is 0 Å². The number of hydrogen-bond donors (Lipinski definition) is 1. The Morgan fingerprint density at radius 2 is 1.74 bits per heavy atom. The average Bonchev–Trinajstić information content (AvgIpc) is 2.87. The summed E-state index contributed by atoms with van der Waals surface area (Å²) in [6.45, 7) is -0.587. The van der Waals surface area contributed by atoms with Gasteiger partial charge in [-0.25, -0.2) is 14.2 Å². The van der Waals surface area contributed by atoms with Crippen molar-refractivity contribution in [3.05, 3.63) is 82.6 Å². The second-order valence-corrected chi connectivity index (χ2v) is 8.31. The fraction of sp³-hybridized carbons (Fsp3) is 0.115. The summed E-state index contributed by atoms with van der Waals surface area (Å²) >= 11 is 3.16. The van der Waals surface area contributed by atoms with E-state index in [1.165, 1.54) is 19.2 Å². The highest BCUT2D eigenvalue weighted by atomic mass is 79.9. The number of aromatic nitrogens is 1. The van der Waals surface area contributed by atoms with Gasteiger partial charge in [-0.05, 0) is 48.5 Å². The van der Waals surface area contributed by atoms with Crippen LogP contribution in [0, 0.1) is 5.82 Å². The molecule has 7 nitrogen and oxygen atoms in total. The van der Waals surface area contributed by atoms with Crippen LogP contribution < -0.4 is 14.8 Å². The lowest BCUT2D eigenvalue weighted by Gasteiger charge is -2.12. The van der Waals surface area contributed by atoms with Crippen molar-refractivity contribution in [3.8, 4) is 22.8 Å². The van der Waals surface area contributed by atoms with Gasteiger partial charge in [0.05, 0.1) is 36.7 Å². The Morgan fingerprint density at radius 1 is 0.971 bits per heavy atom. The number of fused-ring (bicyclic) bond motifs is 1. The number of pyridine rings is 1. The number of methoxy groups -OCH3 is 2. The van der Waals surface area contributed by atoms with Crippen LogP contribution in [-0.4, -0.2) is 37.7 Å². The zero-order valence-corrected chi connectivity index (χ0v) is 20.4. The summed E-state index contributed by atoms with van der Waals surface area (Å²) in [5.41, 5.74) is 2.01. The topological polar surface area (TPSA) is 86.8 Å². The third-order valence-electron chi connectivity index (χ3n) is 5.15. The molecule has 0 saturated heterocycles. The van der Waals surface area contributed by atoms with E-state index in [0.29, 0.717) is 38.1 Å². The fourth-order valence-electron chi connectivity index (χ4n) is 3.47. The first kappa shape index (κ1) is 24.2. The Morgan fingerprint density at radius 3 is 2.49 bits per heavy atom. The zero-order chi connectivity index (χ0) is 24.9. The van der Waals surface area contributed by atoms with Crippen LogP contribution in [0.15, 0.2) is 71.2 Å². The number of rotatable bonds is 7. The molecule has 0 radical (unpaired) electrons. The lowest BCUT2D eigenvalue weighted by atomic mass is 10.0. The fourth-order valence-corrected chi connectivity index (χ4v) is 3.81. The molecule has 0 atom stereocenters. The predicted molar refractivity (Wildman–Crippen MR) is 133 cm³/mol. The van der Waals surface area contributed by atoms with Crippen molar-refractivity contribution in [2.45, 2.75) is 0 Å². The zero-order valence-electron chi connectivity index (χ0n) is 18.8. The molecule has 4 aromatic rings. The molecule has 0 aliphatic carbocycles. The number of carbonyl (C=O) groups is 2. The molecular weight excluding hydrogens is 519 g/mol. The molecule has 0 unspecified atom stereocenters. The Balaban J connectivity index is 1.59. The number of amides is 1. The molecule has 0 bridgehead atoms. The first-order valence-electron chi connectivity index (χ1n) is 10.4. The van der Waals surface area contributed by atoms with Gasteiger partial charge < -0.3 is 19.5 Å². The van der Waals surface area contributed by atoms with E-state index >= 15 is 0 Å². The van der Waals surface area contributed by atoms with Gasteiger partial charge in [-0.15, -0.1) is 0 Å².